The van der Waals surface area contributed by atoms with E-state index in [1.165, 1.54) is 6.92 Å². The van der Waals surface area contributed by atoms with Crippen LogP contribution in [0.4, 0.5) is 0 Å². The van der Waals surface area contributed by atoms with Gasteiger partial charge in [-0.1, -0.05) is 0 Å². The third kappa shape index (κ3) is 4.00. The number of nitro groups is 1. The number of rotatable bonds is 6. The van der Waals surface area contributed by atoms with Crippen molar-refractivity contribution in [1.82, 2.24) is 0 Å². The van der Waals surface area contributed by atoms with Gasteiger partial charge in [0.05, 0.1) is 18.1 Å². The maximum absolute atomic E-state index is 11.8. The first-order chi connectivity index (χ1) is 6.46. The minimum absolute atomic E-state index is 0.00574. The molecule has 6 nitrogen and oxygen atoms in total. The average Bonchev–Trinajstić information content (AvgIpc) is 2.03. The normalized spacial score (nSPS) is 12.9. The van der Waals surface area contributed by atoms with Crippen molar-refractivity contribution in [3.63, 3.8) is 0 Å². The quantitative estimate of drug-likeness (QED) is 0.392. The molecule has 0 aromatic heterocycles. The molecule has 0 spiro atoms. The van der Waals surface area contributed by atoms with Crippen LogP contribution in [-0.2, 0) is 13.6 Å². The fourth-order valence-electron chi connectivity index (χ4n) is 0.804. The maximum atomic E-state index is 11.8. The van der Waals surface area contributed by atoms with E-state index >= 15 is 0 Å². The Balaban J connectivity index is 4.81. The van der Waals surface area contributed by atoms with Crippen LogP contribution in [0.3, 0.4) is 0 Å². The van der Waals surface area contributed by atoms with Crippen LogP contribution < -0.4 is 0 Å². The molecule has 0 fully saturated rings. The molecule has 0 aromatic carbocycles. The fraction of sp³-hybridized carbons (Fsp3) is 0.714. The smallest absolute Gasteiger partial charge is 0.306 e. The molecule has 0 aliphatic heterocycles. The highest BCUT2D eigenvalue weighted by Gasteiger charge is 2.28. The monoisotopic (exact) mass is 223 g/mol. The minimum atomic E-state index is -3.44. The molecular weight excluding hydrogens is 209 g/mol. The molecule has 0 rings (SSSR count). The van der Waals surface area contributed by atoms with Gasteiger partial charge in [-0.3, -0.25) is 14.7 Å². The molecule has 14 heavy (non-hydrogen) atoms. The van der Waals surface area contributed by atoms with E-state index in [0.29, 0.717) is 6.20 Å². The van der Waals surface area contributed by atoms with Crippen molar-refractivity contribution in [2.24, 2.45) is 0 Å². The molecule has 0 aromatic rings. The maximum Gasteiger partial charge on any atom is 0.363 e. The summed E-state index contributed by atoms with van der Waals surface area (Å²) in [4.78, 5) is 9.48. The van der Waals surface area contributed by atoms with Crippen molar-refractivity contribution in [3.8, 4) is 0 Å². The van der Waals surface area contributed by atoms with E-state index in [0.717, 1.165) is 0 Å². The van der Waals surface area contributed by atoms with Crippen LogP contribution in [-0.4, -0.2) is 18.1 Å². The van der Waals surface area contributed by atoms with Crippen LogP contribution in [0, 0.1) is 10.1 Å². The van der Waals surface area contributed by atoms with Crippen LogP contribution in [0.15, 0.2) is 11.5 Å². The highest BCUT2D eigenvalue weighted by molar-refractivity contribution is 7.58. The molecule has 0 aliphatic rings. The Morgan fingerprint density at radius 1 is 1.43 bits per heavy atom. The van der Waals surface area contributed by atoms with Gasteiger partial charge in [0.15, 0.2) is 0 Å². The number of allylic oxidation sites excluding steroid dienone is 1. The zero-order valence-corrected chi connectivity index (χ0v) is 9.32. The summed E-state index contributed by atoms with van der Waals surface area (Å²) in [6, 6.07) is 0. The van der Waals surface area contributed by atoms with Gasteiger partial charge in [0.2, 0.25) is 6.20 Å². The molecule has 0 radical (unpaired) electrons. The van der Waals surface area contributed by atoms with Crippen LogP contribution in [0.1, 0.15) is 20.8 Å². The summed E-state index contributed by atoms with van der Waals surface area (Å²) in [7, 11) is -3.44. The molecule has 0 saturated heterocycles. The van der Waals surface area contributed by atoms with Gasteiger partial charge < -0.3 is 9.05 Å². The topological polar surface area (TPSA) is 78.7 Å². The molecular formula is C7H14NO5P. The average molecular weight is 223 g/mol. The zero-order chi connectivity index (χ0) is 11.2. The summed E-state index contributed by atoms with van der Waals surface area (Å²) in [5, 5.41) is 10.2. The van der Waals surface area contributed by atoms with Crippen molar-refractivity contribution in [2.45, 2.75) is 20.8 Å². The van der Waals surface area contributed by atoms with Gasteiger partial charge in [-0.05, 0) is 20.8 Å². The van der Waals surface area contributed by atoms with Crippen molar-refractivity contribution in [2.75, 3.05) is 13.2 Å². The molecule has 0 unspecified atom stereocenters. The van der Waals surface area contributed by atoms with Crippen molar-refractivity contribution in [1.29, 1.82) is 0 Å². The van der Waals surface area contributed by atoms with Gasteiger partial charge >= 0.3 is 7.60 Å². The van der Waals surface area contributed by atoms with Gasteiger partial charge in [0.25, 0.3) is 0 Å². The second-order valence-electron chi connectivity index (χ2n) is 2.39. The van der Waals surface area contributed by atoms with E-state index in [1.807, 2.05) is 0 Å². The highest BCUT2D eigenvalue weighted by Crippen LogP contribution is 2.55. The Kier molecular flexibility index (Phi) is 5.60. The Hall–Kier alpha value is -0.710. The molecule has 0 N–H and O–H groups in total. The second-order valence-corrected chi connectivity index (χ2v) is 4.61. The molecule has 0 amide bonds. The SMILES string of the molecule is CCOP(=O)(OCC)/C(C)=C/[N+](=O)[O-]. The predicted molar refractivity (Wildman–Crippen MR) is 51.6 cm³/mol. The lowest BCUT2D eigenvalue weighted by atomic mass is 10.7. The summed E-state index contributed by atoms with van der Waals surface area (Å²) in [6.45, 7) is 5.01. The van der Waals surface area contributed by atoms with E-state index in [1.54, 1.807) is 13.8 Å². The number of hydrogen-bond acceptors (Lipinski definition) is 5. The summed E-state index contributed by atoms with van der Waals surface area (Å²) in [5.74, 6) is 0. The second kappa shape index (κ2) is 5.90. The summed E-state index contributed by atoms with van der Waals surface area (Å²) in [6.07, 6.45) is 0.645. The lowest BCUT2D eigenvalue weighted by Crippen LogP contribution is -1.98. The van der Waals surface area contributed by atoms with E-state index in [9.17, 15) is 14.7 Å². The Morgan fingerprint density at radius 2 is 1.86 bits per heavy atom. The van der Waals surface area contributed by atoms with E-state index in [-0.39, 0.29) is 18.5 Å². The first kappa shape index (κ1) is 13.3. The van der Waals surface area contributed by atoms with Gasteiger partial charge in [-0.25, -0.2) is 0 Å². The highest BCUT2D eigenvalue weighted by atomic mass is 31.2. The van der Waals surface area contributed by atoms with Crippen molar-refractivity contribution in [3.05, 3.63) is 21.6 Å². The largest absolute Gasteiger partial charge is 0.363 e. The van der Waals surface area contributed by atoms with E-state index in [4.69, 9.17) is 9.05 Å². The molecule has 0 aliphatic carbocycles. The first-order valence-electron chi connectivity index (χ1n) is 4.17. The lowest BCUT2D eigenvalue weighted by Gasteiger charge is -2.15. The fourth-order valence-corrected chi connectivity index (χ4v) is 2.20. The van der Waals surface area contributed by atoms with Gasteiger partial charge in [-0.15, -0.1) is 0 Å². The molecule has 0 bridgehead atoms. The Labute approximate surface area is 82.6 Å². The summed E-state index contributed by atoms with van der Waals surface area (Å²) < 4.78 is 21.6. The van der Waals surface area contributed by atoms with Gasteiger partial charge in [-0.2, -0.15) is 0 Å². The standard InChI is InChI=1S/C7H14NO5P/c1-4-12-14(11,13-5-2)7(3)6-8(9)10/h6H,4-5H2,1-3H3/b7-6+. The molecule has 7 heteroatoms. The van der Waals surface area contributed by atoms with Gasteiger partial charge in [0.1, 0.15) is 5.31 Å². The van der Waals surface area contributed by atoms with Crippen LogP contribution in [0.2, 0.25) is 0 Å². The minimum Gasteiger partial charge on any atom is -0.306 e. The van der Waals surface area contributed by atoms with Crippen molar-refractivity contribution >= 4 is 7.60 Å². The number of nitrogens with zero attached hydrogens (tertiary/aromatic N) is 1. The first-order valence-corrected chi connectivity index (χ1v) is 5.72. The van der Waals surface area contributed by atoms with E-state index < -0.39 is 12.5 Å². The lowest BCUT2D eigenvalue weighted by molar-refractivity contribution is -0.403. The zero-order valence-electron chi connectivity index (χ0n) is 8.43. The third-order valence-electron chi connectivity index (χ3n) is 1.32. The molecule has 82 valence electrons. The van der Waals surface area contributed by atoms with Crippen LogP contribution in [0.25, 0.3) is 0 Å². The van der Waals surface area contributed by atoms with Crippen molar-refractivity contribution < 1.29 is 18.5 Å². The Morgan fingerprint density at radius 3 is 2.14 bits per heavy atom. The molecule has 0 atom stereocenters. The van der Waals surface area contributed by atoms with Crippen LogP contribution >= 0.6 is 7.60 Å². The Bertz CT molecular complexity index is 265. The molecule has 0 heterocycles. The predicted octanol–water partition coefficient (Wildman–Crippen LogP) is 2.39. The number of hydrogen-bond donors (Lipinski definition) is 0. The third-order valence-corrected chi connectivity index (χ3v) is 3.50. The van der Waals surface area contributed by atoms with Gasteiger partial charge in [0, 0.05) is 0 Å². The molecule has 0 saturated carbocycles. The summed E-state index contributed by atoms with van der Waals surface area (Å²) in [5.41, 5.74) is 0. The van der Waals surface area contributed by atoms with E-state index in [2.05, 4.69) is 0 Å². The van der Waals surface area contributed by atoms with Crippen LogP contribution in [0.5, 0.6) is 0 Å². The summed E-state index contributed by atoms with van der Waals surface area (Å²) >= 11 is 0.